The molecule has 100 valence electrons. The molecule has 0 radical (unpaired) electrons. The van der Waals surface area contributed by atoms with Gasteiger partial charge in [-0.05, 0) is 42.5 Å². The monoisotopic (exact) mass is 410 g/mol. The van der Waals surface area contributed by atoms with E-state index in [4.69, 9.17) is 0 Å². The van der Waals surface area contributed by atoms with Gasteiger partial charge in [0.05, 0.1) is 0 Å². The van der Waals surface area contributed by atoms with Crippen LogP contribution >= 0.6 is 15.9 Å². The predicted molar refractivity (Wildman–Crippen MR) is 73.4 cm³/mol. The van der Waals surface area contributed by atoms with Crippen molar-refractivity contribution in [2.45, 2.75) is 6.61 Å². The second-order valence-electron chi connectivity index (χ2n) is 3.78. The third kappa shape index (κ3) is 4.63. The van der Waals surface area contributed by atoms with Crippen LogP contribution in [0.3, 0.4) is 0 Å². The summed E-state index contributed by atoms with van der Waals surface area (Å²) >= 11 is 3.25. The van der Waals surface area contributed by atoms with E-state index in [0.717, 1.165) is 4.47 Å². The Morgan fingerprint density at radius 2 is 1.75 bits per heavy atom. The number of benzene rings is 2. The van der Waals surface area contributed by atoms with Crippen molar-refractivity contribution in [1.82, 2.24) is 0 Å². The zero-order valence-corrected chi connectivity index (χ0v) is 15.0. The molecule has 0 amide bonds. The minimum absolute atomic E-state index is 0. The van der Waals surface area contributed by atoms with Crippen LogP contribution in [0.15, 0.2) is 46.9 Å². The summed E-state index contributed by atoms with van der Waals surface area (Å²) in [5.41, 5.74) is 1.16. The van der Waals surface area contributed by atoms with Crippen molar-refractivity contribution in [3.63, 3.8) is 0 Å². The SMILES string of the molecule is O=C(c1ccc(F)cc1)c1ccc(Br)cc1C[O-].[Br-].[Mg+2]. The Morgan fingerprint density at radius 1 is 1.15 bits per heavy atom. The summed E-state index contributed by atoms with van der Waals surface area (Å²) in [7, 11) is 0. The maximum Gasteiger partial charge on any atom is 2.00 e. The normalized spacial score (nSPS) is 9.35. The average Bonchev–Trinajstić information content (AvgIpc) is 2.38. The standard InChI is InChI=1S/C14H9BrFO2.BrH.Mg/c15-11-3-6-13(10(7-11)8-17)14(18)9-1-4-12(16)5-2-9;;/h1-7H,8H2;1H;/q-1;;+2/p-1. The van der Waals surface area contributed by atoms with E-state index in [0.29, 0.717) is 16.7 Å². The van der Waals surface area contributed by atoms with Gasteiger partial charge in [-0.2, -0.15) is 0 Å². The minimum Gasteiger partial charge on any atom is -1.00 e. The summed E-state index contributed by atoms with van der Waals surface area (Å²) in [5, 5.41) is 11.1. The topological polar surface area (TPSA) is 40.1 Å². The van der Waals surface area contributed by atoms with Gasteiger partial charge in [-0.1, -0.05) is 21.5 Å². The summed E-state index contributed by atoms with van der Waals surface area (Å²) in [4.78, 5) is 12.2. The third-order valence-electron chi connectivity index (χ3n) is 2.57. The largest absolute Gasteiger partial charge is 2.00 e. The first-order chi connectivity index (χ1) is 8.61. The van der Waals surface area contributed by atoms with E-state index in [1.165, 1.54) is 24.3 Å². The maximum atomic E-state index is 12.8. The number of carbonyl (C=O) groups is 1. The summed E-state index contributed by atoms with van der Waals surface area (Å²) in [6, 6.07) is 10.2. The van der Waals surface area contributed by atoms with E-state index in [1.54, 1.807) is 18.2 Å². The van der Waals surface area contributed by atoms with E-state index in [1.807, 2.05) is 0 Å². The van der Waals surface area contributed by atoms with Crippen LogP contribution < -0.4 is 22.1 Å². The Hall–Kier alpha value is -0.274. The van der Waals surface area contributed by atoms with Crippen LogP contribution in [0, 0.1) is 5.82 Å². The van der Waals surface area contributed by atoms with Crippen LogP contribution in [0.4, 0.5) is 4.39 Å². The molecule has 0 bridgehead atoms. The molecule has 0 aromatic heterocycles. The molecule has 0 aliphatic carbocycles. The van der Waals surface area contributed by atoms with Crippen molar-refractivity contribution in [1.29, 1.82) is 0 Å². The number of carbonyl (C=O) groups excluding carboxylic acids is 1. The number of hydrogen-bond donors (Lipinski definition) is 0. The molecule has 0 fully saturated rings. The molecular weight excluding hydrogens is 403 g/mol. The van der Waals surface area contributed by atoms with Crippen molar-refractivity contribution >= 4 is 44.8 Å². The van der Waals surface area contributed by atoms with Gasteiger partial charge in [0.2, 0.25) is 0 Å². The Morgan fingerprint density at radius 3 is 2.30 bits per heavy atom. The Bertz CT molecular complexity index is 588. The fourth-order valence-corrected chi connectivity index (χ4v) is 2.07. The second kappa shape index (κ2) is 8.89. The van der Waals surface area contributed by atoms with Crippen molar-refractivity contribution in [3.05, 3.63) is 69.4 Å². The quantitative estimate of drug-likeness (QED) is 0.495. The molecule has 0 atom stereocenters. The molecule has 0 N–H and O–H groups in total. The summed E-state index contributed by atoms with van der Waals surface area (Å²) < 4.78 is 13.5. The molecule has 0 saturated carbocycles. The van der Waals surface area contributed by atoms with Crippen LogP contribution in [0.25, 0.3) is 0 Å². The van der Waals surface area contributed by atoms with Gasteiger partial charge >= 0.3 is 23.1 Å². The Kier molecular flexibility index (Phi) is 8.77. The van der Waals surface area contributed by atoms with Crippen LogP contribution in [-0.4, -0.2) is 28.8 Å². The molecule has 0 aliphatic rings. The Labute approximate surface area is 151 Å². The van der Waals surface area contributed by atoms with E-state index in [2.05, 4.69) is 15.9 Å². The molecule has 2 rings (SSSR count). The number of rotatable bonds is 3. The van der Waals surface area contributed by atoms with Crippen molar-refractivity contribution < 1.29 is 31.3 Å². The molecule has 20 heavy (non-hydrogen) atoms. The van der Waals surface area contributed by atoms with Crippen molar-refractivity contribution in [2.24, 2.45) is 0 Å². The van der Waals surface area contributed by atoms with Gasteiger partial charge in [-0.15, -0.1) is 6.61 Å². The van der Waals surface area contributed by atoms with Crippen molar-refractivity contribution in [2.75, 3.05) is 0 Å². The predicted octanol–water partition coefficient (Wildman–Crippen LogP) is -0.697. The second-order valence-corrected chi connectivity index (χ2v) is 4.70. The number of hydrogen-bond acceptors (Lipinski definition) is 2. The number of ketones is 1. The first-order valence-electron chi connectivity index (χ1n) is 5.28. The number of halogens is 3. The van der Waals surface area contributed by atoms with Gasteiger partial charge in [0.1, 0.15) is 5.82 Å². The maximum absolute atomic E-state index is 12.8. The smallest absolute Gasteiger partial charge is 1.00 e. The fourth-order valence-electron chi connectivity index (χ4n) is 1.66. The summed E-state index contributed by atoms with van der Waals surface area (Å²) in [6.07, 6.45) is 0. The fraction of sp³-hybridized carbons (Fsp3) is 0.0714. The molecule has 2 nitrogen and oxygen atoms in total. The molecule has 6 heteroatoms. The van der Waals surface area contributed by atoms with E-state index >= 15 is 0 Å². The molecular formula is C14H9Br2FMgO2. The molecule has 0 unspecified atom stereocenters. The van der Waals surface area contributed by atoms with Gasteiger partial charge in [0.15, 0.2) is 5.78 Å². The van der Waals surface area contributed by atoms with Gasteiger partial charge < -0.3 is 22.1 Å². The zero-order valence-electron chi connectivity index (χ0n) is 10.4. The third-order valence-corrected chi connectivity index (χ3v) is 3.07. The molecule has 0 aliphatic heterocycles. The van der Waals surface area contributed by atoms with E-state index in [9.17, 15) is 14.3 Å². The average molecular weight is 412 g/mol. The molecule has 2 aromatic rings. The van der Waals surface area contributed by atoms with Gasteiger partial charge in [0.25, 0.3) is 0 Å². The summed E-state index contributed by atoms with van der Waals surface area (Å²) in [5.74, 6) is -0.667. The Balaban J connectivity index is 0.00000180. The first-order valence-corrected chi connectivity index (χ1v) is 6.08. The van der Waals surface area contributed by atoms with E-state index in [-0.39, 0.29) is 45.8 Å². The van der Waals surface area contributed by atoms with Gasteiger partial charge in [-0.25, -0.2) is 4.39 Å². The van der Waals surface area contributed by atoms with Crippen LogP contribution in [0.2, 0.25) is 0 Å². The van der Waals surface area contributed by atoms with Gasteiger partial charge in [-0.3, -0.25) is 4.79 Å². The molecule has 0 saturated heterocycles. The molecule has 2 aromatic carbocycles. The molecule has 0 spiro atoms. The molecule has 0 heterocycles. The minimum atomic E-state index is -0.471. The first kappa shape index (κ1) is 19.7. The van der Waals surface area contributed by atoms with Crippen LogP contribution in [-0.2, 0) is 6.61 Å². The van der Waals surface area contributed by atoms with Crippen LogP contribution in [0.1, 0.15) is 21.5 Å². The van der Waals surface area contributed by atoms with E-state index < -0.39 is 12.4 Å². The van der Waals surface area contributed by atoms with Gasteiger partial charge in [0, 0.05) is 15.6 Å². The zero-order chi connectivity index (χ0) is 13.1. The van der Waals surface area contributed by atoms with Crippen LogP contribution in [0.5, 0.6) is 0 Å². The van der Waals surface area contributed by atoms with Crippen molar-refractivity contribution in [3.8, 4) is 0 Å². The summed E-state index contributed by atoms with van der Waals surface area (Å²) in [6.45, 7) is -0.471.